The summed E-state index contributed by atoms with van der Waals surface area (Å²) < 4.78 is 18.0. The number of nitrogens with one attached hydrogen (secondary N) is 1. The van der Waals surface area contributed by atoms with Gasteiger partial charge in [0, 0.05) is 12.0 Å². The smallest absolute Gasteiger partial charge is 0.311 e. The van der Waals surface area contributed by atoms with Gasteiger partial charge in [0.05, 0.1) is 26.1 Å². The SMILES string of the molecule is CCCCCCCCCCCCCC(=O)NC(CO)(CO)COC(=O)CCC(=O)Oc1c(C)c(C)c2c(c1C)CCC(C)(CCCC(C)CCCC(C)CCCC(C)C)O2. The third-order valence-corrected chi connectivity index (χ3v) is 13.1. The van der Waals surface area contributed by atoms with Gasteiger partial charge in [0.15, 0.2) is 0 Å². The van der Waals surface area contributed by atoms with Crippen molar-refractivity contribution in [2.24, 2.45) is 17.8 Å². The standard InChI is InChI=1S/C51H89NO8/c1-10-11-12-13-14-15-16-17-18-19-20-29-45(55)52-51(35-53,36-54)37-58-46(56)30-31-47(57)59-48-41(6)42(7)49-44(43(48)8)32-34-50(9,60-49)33-23-28-40(5)27-22-26-39(4)25-21-24-38(2)3/h38-40,53-54H,10-37H2,1-9H3,(H,52,55). The molecule has 0 aromatic heterocycles. The fourth-order valence-electron chi connectivity index (χ4n) is 8.64. The quantitative estimate of drug-likeness (QED) is 0.0362. The van der Waals surface area contributed by atoms with Crippen LogP contribution in [0.5, 0.6) is 11.5 Å². The number of rotatable bonds is 33. The van der Waals surface area contributed by atoms with Crippen LogP contribution in [0.15, 0.2) is 0 Å². The van der Waals surface area contributed by atoms with Crippen LogP contribution in [-0.2, 0) is 25.5 Å². The van der Waals surface area contributed by atoms with Gasteiger partial charge >= 0.3 is 11.9 Å². The molecule has 1 aliphatic heterocycles. The number of esters is 2. The number of hydrogen-bond acceptors (Lipinski definition) is 8. The Hall–Kier alpha value is -2.65. The Morgan fingerprint density at radius 3 is 1.80 bits per heavy atom. The van der Waals surface area contributed by atoms with Crippen LogP contribution in [0.2, 0.25) is 0 Å². The first kappa shape index (κ1) is 53.5. The van der Waals surface area contributed by atoms with Crippen molar-refractivity contribution in [3.63, 3.8) is 0 Å². The van der Waals surface area contributed by atoms with E-state index in [0.29, 0.717) is 18.1 Å². The van der Waals surface area contributed by atoms with Crippen LogP contribution in [0, 0.1) is 38.5 Å². The molecular weight excluding hydrogens is 755 g/mol. The lowest BCUT2D eigenvalue weighted by molar-refractivity contribution is -0.151. The molecule has 0 bridgehead atoms. The topological polar surface area (TPSA) is 131 Å². The summed E-state index contributed by atoms with van der Waals surface area (Å²) in [6.45, 7) is 18.2. The minimum atomic E-state index is -1.50. The van der Waals surface area contributed by atoms with Crippen LogP contribution < -0.4 is 14.8 Å². The van der Waals surface area contributed by atoms with Crippen LogP contribution in [0.4, 0.5) is 0 Å². The van der Waals surface area contributed by atoms with Gasteiger partial charge in [-0.3, -0.25) is 14.4 Å². The zero-order chi connectivity index (χ0) is 44.6. The number of aliphatic hydroxyl groups is 2. The molecule has 0 saturated heterocycles. The number of fused-ring (bicyclic) bond motifs is 1. The number of unbranched alkanes of at least 4 members (excludes halogenated alkanes) is 10. The number of carbonyl (C=O) groups is 3. The number of carbonyl (C=O) groups excluding carboxylic acids is 3. The van der Waals surface area contributed by atoms with Gasteiger partial charge in [-0.25, -0.2) is 0 Å². The number of hydrogen-bond donors (Lipinski definition) is 3. The van der Waals surface area contributed by atoms with E-state index in [1.54, 1.807) is 0 Å². The molecule has 0 saturated carbocycles. The van der Waals surface area contributed by atoms with Gasteiger partial charge < -0.3 is 29.7 Å². The van der Waals surface area contributed by atoms with Gasteiger partial charge in [-0.15, -0.1) is 0 Å². The molecule has 1 aliphatic rings. The largest absolute Gasteiger partial charge is 0.487 e. The van der Waals surface area contributed by atoms with Gasteiger partial charge in [-0.1, -0.05) is 144 Å². The van der Waals surface area contributed by atoms with Gasteiger partial charge in [-0.05, 0) is 94.2 Å². The Balaban J connectivity index is 1.78. The molecule has 2 rings (SSSR count). The Morgan fingerprint density at radius 1 is 0.700 bits per heavy atom. The van der Waals surface area contributed by atoms with Crippen molar-refractivity contribution in [3.05, 3.63) is 22.3 Å². The predicted molar refractivity (Wildman–Crippen MR) is 245 cm³/mol. The van der Waals surface area contributed by atoms with E-state index in [-0.39, 0.29) is 30.8 Å². The third kappa shape index (κ3) is 20.0. The molecule has 1 aromatic carbocycles. The first-order chi connectivity index (χ1) is 28.6. The maximum Gasteiger partial charge on any atom is 0.311 e. The Kier molecular flexibility index (Phi) is 25.7. The molecule has 9 nitrogen and oxygen atoms in total. The second-order valence-electron chi connectivity index (χ2n) is 19.5. The molecule has 3 N–H and O–H groups in total. The summed E-state index contributed by atoms with van der Waals surface area (Å²) >= 11 is 0. The summed E-state index contributed by atoms with van der Waals surface area (Å²) in [5.74, 6) is 2.22. The Bertz CT molecular complexity index is 1400. The third-order valence-electron chi connectivity index (χ3n) is 13.1. The summed E-state index contributed by atoms with van der Waals surface area (Å²) in [7, 11) is 0. The van der Waals surface area contributed by atoms with Crippen LogP contribution in [0.25, 0.3) is 0 Å². The van der Waals surface area contributed by atoms with E-state index >= 15 is 0 Å². The van der Waals surface area contributed by atoms with Crippen molar-refractivity contribution in [1.29, 1.82) is 0 Å². The number of ether oxygens (including phenoxy) is 3. The van der Waals surface area contributed by atoms with Crippen molar-refractivity contribution in [3.8, 4) is 11.5 Å². The highest BCUT2D eigenvalue weighted by Crippen LogP contribution is 2.45. The molecule has 346 valence electrons. The highest BCUT2D eigenvalue weighted by atomic mass is 16.5. The first-order valence-electron chi connectivity index (χ1n) is 24.3. The molecule has 0 spiro atoms. The van der Waals surface area contributed by atoms with Gasteiger partial charge in [0.25, 0.3) is 0 Å². The van der Waals surface area contributed by atoms with Crippen molar-refractivity contribution < 1.29 is 38.8 Å². The van der Waals surface area contributed by atoms with Crippen molar-refractivity contribution in [2.75, 3.05) is 19.8 Å². The molecule has 3 atom stereocenters. The highest BCUT2D eigenvalue weighted by Gasteiger charge is 2.35. The van der Waals surface area contributed by atoms with Crippen LogP contribution >= 0.6 is 0 Å². The second-order valence-corrected chi connectivity index (χ2v) is 19.5. The minimum Gasteiger partial charge on any atom is -0.487 e. The molecular formula is C51H89NO8. The maximum absolute atomic E-state index is 13.0. The van der Waals surface area contributed by atoms with Gasteiger partial charge in [0.1, 0.15) is 29.2 Å². The summed E-state index contributed by atoms with van der Waals surface area (Å²) in [5, 5.41) is 22.8. The average Bonchev–Trinajstić information content (AvgIpc) is 3.21. The van der Waals surface area contributed by atoms with Crippen molar-refractivity contribution >= 4 is 17.8 Å². The van der Waals surface area contributed by atoms with E-state index in [0.717, 1.165) is 84.8 Å². The lowest BCUT2D eigenvalue weighted by Gasteiger charge is -2.38. The molecule has 3 unspecified atom stereocenters. The van der Waals surface area contributed by atoms with E-state index in [2.05, 4.69) is 46.9 Å². The van der Waals surface area contributed by atoms with Crippen molar-refractivity contribution in [2.45, 2.75) is 234 Å². The summed E-state index contributed by atoms with van der Waals surface area (Å²) in [6.07, 6.45) is 25.8. The number of amides is 1. The van der Waals surface area contributed by atoms with Crippen LogP contribution in [0.3, 0.4) is 0 Å². The zero-order valence-corrected chi connectivity index (χ0v) is 39.9. The predicted octanol–water partition coefficient (Wildman–Crippen LogP) is 11.9. The van der Waals surface area contributed by atoms with E-state index < -0.39 is 37.3 Å². The molecule has 60 heavy (non-hydrogen) atoms. The van der Waals surface area contributed by atoms with E-state index in [9.17, 15) is 24.6 Å². The Morgan fingerprint density at radius 2 is 1.23 bits per heavy atom. The fourth-order valence-corrected chi connectivity index (χ4v) is 8.64. The summed E-state index contributed by atoms with van der Waals surface area (Å²) in [4.78, 5) is 38.4. The van der Waals surface area contributed by atoms with E-state index in [1.165, 1.54) is 89.9 Å². The highest BCUT2D eigenvalue weighted by molar-refractivity contribution is 5.80. The lowest BCUT2D eigenvalue weighted by atomic mass is 9.83. The zero-order valence-electron chi connectivity index (χ0n) is 39.9. The normalized spacial score (nSPS) is 16.3. The maximum atomic E-state index is 13.0. The van der Waals surface area contributed by atoms with E-state index in [4.69, 9.17) is 14.2 Å². The molecule has 0 aliphatic carbocycles. The van der Waals surface area contributed by atoms with Crippen LogP contribution in [0.1, 0.15) is 218 Å². The van der Waals surface area contributed by atoms with Crippen molar-refractivity contribution in [1.82, 2.24) is 5.32 Å². The molecule has 0 fully saturated rings. The molecule has 1 heterocycles. The van der Waals surface area contributed by atoms with Gasteiger partial charge in [-0.2, -0.15) is 0 Å². The average molecular weight is 844 g/mol. The van der Waals surface area contributed by atoms with Crippen LogP contribution in [-0.4, -0.2) is 59.0 Å². The summed E-state index contributed by atoms with van der Waals surface area (Å²) in [6, 6.07) is 0. The van der Waals surface area contributed by atoms with Gasteiger partial charge in [0.2, 0.25) is 5.91 Å². The lowest BCUT2D eigenvalue weighted by Crippen LogP contribution is -2.57. The second kappa shape index (κ2) is 28.9. The molecule has 1 amide bonds. The van der Waals surface area contributed by atoms with E-state index in [1.807, 2.05) is 20.8 Å². The molecule has 9 heteroatoms. The number of benzene rings is 1. The summed E-state index contributed by atoms with van der Waals surface area (Å²) in [5.41, 5.74) is 2.04. The molecule has 0 radical (unpaired) electrons. The minimum absolute atomic E-state index is 0.200. The molecule has 1 aromatic rings. The number of aliphatic hydroxyl groups excluding tert-OH is 2. The fraction of sp³-hybridized carbons (Fsp3) is 0.824. The monoisotopic (exact) mass is 844 g/mol. The Labute approximate surface area is 366 Å². The first-order valence-corrected chi connectivity index (χ1v) is 24.3.